The van der Waals surface area contributed by atoms with Crippen molar-refractivity contribution in [2.24, 2.45) is 5.41 Å². The van der Waals surface area contributed by atoms with E-state index in [1.807, 2.05) is 6.07 Å². The number of hydrogen-bond acceptors (Lipinski definition) is 8. The van der Waals surface area contributed by atoms with Crippen molar-refractivity contribution < 1.29 is 28.7 Å². The van der Waals surface area contributed by atoms with Gasteiger partial charge in [-0.2, -0.15) is 0 Å². The Morgan fingerprint density at radius 1 is 1.31 bits per heavy atom. The molecule has 12 heteroatoms. The number of likely N-dealkylation sites (tertiary alicyclic amines) is 1. The van der Waals surface area contributed by atoms with Crippen LogP contribution in [-0.2, 0) is 25.6 Å². The van der Waals surface area contributed by atoms with Crippen molar-refractivity contribution in [2.75, 3.05) is 33.4 Å². The van der Waals surface area contributed by atoms with Crippen molar-refractivity contribution in [2.45, 2.75) is 38.0 Å². The van der Waals surface area contributed by atoms with Crippen LogP contribution in [-0.4, -0.2) is 94.0 Å². The van der Waals surface area contributed by atoms with Crippen LogP contribution in [0.3, 0.4) is 0 Å². The lowest BCUT2D eigenvalue weighted by atomic mass is 9.84. The van der Waals surface area contributed by atoms with Crippen LogP contribution in [0.4, 0.5) is 0 Å². The summed E-state index contributed by atoms with van der Waals surface area (Å²) in [6, 6.07) is 4.56. The van der Waals surface area contributed by atoms with Gasteiger partial charge < -0.3 is 19.3 Å². The molecule has 0 bridgehead atoms. The molecule has 0 spiro atoms. The fourth-order valence-electron chi connectivity index (χ4n) is 5.82. The highest BCUT2D eigenvalue weighted by molar-refractivity contribution is 6.05. The topological polar surface area (TPSA) is 136 Å². The van der Waals surface area contributed by atoms with E-state index in [4.69, 9.17) is 9.47 Å². The summed E-state index contributed by atoms with van der Waals surface area (Å²) in [5.74, 6) is -1.23. The van der Waals surface area contributed by atoms with Crippen LogP contribution in [0.25, 0.3) is 5.69 Å². The van der Waals surface area contributed by atoms with Crippen molar-refractivity contribution in [1.29, 1.82) is 0 Å². The van der Waals surface area contributed by atoms with E-state index in [2.05, 4.69) is 15.6 Å². The number of imide groups is 1. The first kappa shape index (κ1) is 22.8. The minimum atomic E-state index is -0.674. The summed E-state index contributed by atoms with van der Waals surface area (Å²) >= 11 is 0. The summed E-state index contributed by atoms with van der Waals surface area (Å²) in [5.41, 5.74) is 1.95. The zero-order valence-corrected chi connectivity index (χ0v) is 19.8. The smallest absolute Gasteiger partial charge is 0.276 e. The summed E-state index contributed by atoms with van der Waals surface area (Å²) in [7, 11) is 1.66. The Morgan fingerprint density at radius 3 is 2.97 bits per heavy atom. The molecule has 0 saturated carbocycles. The van der Waals surface area contributed by atoms with Crippen LogP contribution >= 0.6 is 0 Å². The second-order valence-corrected chi connectivity index (χ2v) is 9.88. The number of nitrogens with zero attached hydrogens (tertiary/aromatic N) is 5. The number of methoxy groups -OCH3 is 1. The second-order valence-electron chi connectivity index (χ2n) is 9.88. The summed E-state index contributed by atoms with van der Waals surface area (Å²) in [6.45, 7) is 2.51. The maximum absolute atomic E-state index is 13.2. The fraction of sp³-hybridized carbons (Fsp3) is 0.500. The van der Waals surface area contributed by atoms with Gasteiger partial charge in [0.15, 0.2) is 5.69 Å². The lowest BCUT2D eigenvalue weighted by molar-refractivity contribution is -0.136. The molecule has 2 aromatic rings. The molecule has 4 amide bonds. The molecule has 1 aromatic carbocycles. The molecule has 0 radical (unpaired) electrons. The third kappa shape index (κ3) is 3.59. The van der Waals surface area contributed by atoms with E-state index in [0.717, 1.165) is 12.0 Å². The molecule has 0 aliphatic carbocycles. The zero-order valence-electron chi connectivity index (χ0n) is 19.8. The molecule has 3 fully saturated rings. The van der Waals surface area contributed by atoms with Crippen molar-refractivity contribution >= 4 is 23.6 Å². The molecule has 36 heavy (non-hydrogen) atoms. The molecule has 3 saturated heterocycles. The Labute approximate surface area is 206 Å². The van der Waals surface area contributed by atoms with E-state index in [1.165, 1.54) is 9.58 Å². The Morgan fingerprint density at radius 2 is 2.17 bits per heavy atom. The Hall–Kier alpha value is -3.64. The van der Waals surface area contributed by atoms with E-state index in [1.54, 1.807) is 30.3 Å². The molecule has 6 rings (SSSR count). The molecule has 5 heterocycles. The van der Waals surface area contributed by atoms with E-state index < -0.39 is 11.9 Å². The molecule has 12 nitrogen and oxygen atoms in total. The number of rotatable bonds is 5. The third-order valence-corrected chi connectivity index (χ3v) is 7.70. The molecular weight excluding hydrogens is 468 g/mol. The van der Waals surface area contributed by atoms with Crippen molar-refractivity contribution in [3.05, 3.63) is 41.2 Å². The molecule has 3 atom stereocenters. The van der Waals surface area contributed by atoms with Crippen LogP contribution in [0.5, 0.6) is 0 Å². The summed E-state index contributed by atoms with van der Waals surface area (Å²) in [5, 5.41) is 10.5. The van der Waals surface area contributed by atoms with Gasteiger partial charge in [0, 0.05) is 50.8 Å². The average molecular weight is 495 g/mol. The quantitative estimate of drug-likeness (QED) is 0.570. The van der Waals surface area contributed by atoms with E-state index in [0.29, 0.717) is 44.0 Å². The summed E-state index contributed by atoms with van der Waals surface area (Å²) in [6.07, 6.45) is 2.90. The number of piperidine rings is 1. The number of carbonyl (C=O) groups is 4. The predicted octanol–water partition coefficient (Wildman–Crippen LogP) is -0.0942. The number of benzene rings is 1. The fourth-order valence-corrected chi connectivity index (χ4v) is 5.82. The third-order valence-electron chi connectivity index (χ3n) is 7.70. The minimum Gasteiger partial charge on any atom is -0.384 e. The molecule has 1 aromatic heterocycles. The first-order chi connectivity index (χ1) is 17.4. The van der Waals surface area contributed by atoms with E-state index >= 15 is 0 Å². The second kappa shape index (κ2) is 8.49. The van der Waals surface area contributed by atoms with Gasteiger partial charge in [0.1, 0.15) is 6.04 Å². The summed E-state index contributed by atoms with van der Waals surface area (Å²) < 4.78 is 12.8. The SMILES string of the molecule is COC[C@]12CCO[C@H]1CN(C(=O)c1cn(-c3ccc4c(c3)CN(C3CCC(=O)NC3=O)C4=O)nn1)C2. The van der Waals surface area contributed by atoms with Gasteiger partial charge in [-0.25, -0.2) is 4.68 Å². The normalized spacial score (nSPS) is 27.4. The number of fused-ring (bicyclic) bond motifs is 2. The average Bonchev–Trinajstić information content (AvgIpc) is 3.61. The molecule has 1 unspecified atom stereocenters. The van der Waals surface area contributed by atoms with Crippen LogP contribution in [0.15, 0.2) is 24.4 Å². The van der Waals surface area contributed by atoms with Crippen molar-refractivity contribution in [3.8, 4) is 5.69 Å². The number of carbonyl (C=O) groups excluding carboxylic acids is 4. The standard InChI is InChI=1S/C24H26N6O6/c1-35-13-24-6-7-36-19(24)11-28(12-24)23(34)17-10-30(27-26-17)15-2-3-16-14(8-15)9-29(22(16)33)18-4-5-20(31)25-21(18)32/h2-3,8,10,18-19H,4-7,9,11-13H2,1H3,(H,25,31,32)/t18?,19-,24+/m0/s1. The van der Waals surface area contributed by atoms with E-state index in [9.17, 15) is 19.2 Å². The number of hydrogen-bond donors (Lipinski definition) is 1. The van der Waals surface area contributed by atoms with Gasteiger partial charge in [-0.15, -0.1) is 5.10 Å². The van der Waals surface area contributed by atoms with Crippen molar-refractivity contribution in [3.63, 3.8) is 0 Å². The summed E-state index contributed by atoms with van der Waals surface area (Å²) in [4.78, 5) is 53.1. The van der Waals surface area contributed by atoms with Gasteiger partial charge in [0.05, 0.1) is 24.6 Å². The van der Waals surface area contributed by atoms with Gasteiger partial charge in [0.25, 0.3) is 11.8 Å². The van der Waals surface area contributed by atoms with Crippen LogP contribution < -0.4 is 5.32 Å². The number of ether oxygens (including phenoxy) is 2. The monoisotopic (exact) mass is 494 g/mol. The lowest BCUT2D eigenvalue weighted by Crippen LogP contribution is -2.52. The largest absolute Gasteiger partial charge is 0.384 e. The first-order valence-corrected chi connectivity index (χ1v) is 12.0. The molecule has 4 aliphatic rings. The lowest BCUT2D eigenvalue weighted by Gasteiger charge is -2.29. The van der Waals surface area contributed by atoms with Crippen LogP contribution in [0.1, 0.15) is 45.7 Å². The molecule has 188 valence electrons. The Balaban J connectivity index is 1.18. The predicted molar refractivity (Wildman–Crippen MR) is 122 cm³/mol. The molecule has 4 aliphatic heterocycles. The van der Waals surface area contributed by atoms with Gasteiger partial charge in [-0.1, -0.05) is 5.21 Å². The Kier molecular flexibility index (Phi) is 5.38. The zero-order chi connectivity index (χ0) is 25.0. The minimum absolute atomic E-state index is 0.0435. The highest BCUT2D eigenvalue weighted by Crippen LogP contribution is 2.41. The maximum atomic E-state index is 13.2. The highest BCUT2D eigenvalue weighted by atomic mass is 16.5. The van der Waals surface area contributed by atoms with E-state index in [-0.39, 0.29) is 47.9 Å². The first-order valence-electron chi connectivity index (χ1n) is 12.0. The molecular formula is C24H26N6O6. The highest BCUT2D eigenvalue weighted by Gasteiger charge is 2.52. The van der Waals surface area contributed by atoms with Crippen LogP contribution in [0, 0.1) is 5.41 Å². The number of nitrogens with one attached hydrogen (secondary N) is 1. The van der Waals surface area contributed by atoms with Gasteiger partial charge in [0.2, 0.25) is 11.8 Å². The maximum Gasteiger partial charge on any atom is 0.276 e. The van der Waals surface area contributed by atoms with Gasteiger partial charge in [-0.3, -0.25) is 24.5 Å². The molecule has 1 N–H and O–H groups in total. The van der Waals surface area contributed by atoms with Crippen LogP contribution in [0.2, 0.25) is 0 Å². The number of aromatic nitrogens is 3. The van der Waals surface area contributed by atoms with Gasteiger partial charge >= 0.3 is 0 Å². The number of amides is 4. The Bertz CT molecular complexity index is 1280. The van der Waals surface area contributed by atoms with Crippen molar-refractivity contribution in [1.82, 2.24) is 30.1 Å². The van der Waals surface area contributed by atoms with Gasteiger partial charge in [-0.05, 0) is 36.6 Å².